The molecule has 5 atom stereocenters. The van der Waals surface area contributed by atoms with E-state index in [9.17, 15) is 4.79 Å². The summed E-state index contributed by atoms with van der Waals surface area (Å²) in [6.45, 7) is 4.82. The zero-order chi connectivity index (χ0) is 18.4. The number of amides is 1. The van der Waals surface area contributed by atoms with Crippen LogP contribution in [0.5, 0.6) is 0 Å². The number of nitrogens with zero attached hydrogens (tertiary/aromatic N) is 1. The van der Waals surface area contributed by atoms with Crippen LogP contribution in [0.2, 0.25) is 0 Å². The van der Waals surface area contributed by atoms with Crippen LogP contribution < -0.4 is 5.73 Å². The normalized spacial score (nSPS) is 40.9. The van der Waals surface area contributed by atoms with E-state index in [4.69, 9.17) is 19.9 Å². The molecule has 1 saturated carbocycles. The Bertz CT molecular complexity index is 605. The van der Waals surface area contributed by atoms with Gasteiger partial charge in [-0.1, -0.05) is 11.6 Å². The quantitative estimate of drug-likeness (QED) is 0.463. The molecule has 0 aromatic rings. The molecule has 2 saturated heterocycles. The van der Waals surface area contributed by atoms with Crippen molar-refractivity contribution in [3.05, 3.63) is 23.3 Å². The first-order valence-electron chi connectivity index (χ1n) is 8.92. The molecule has 1 aliphatic carbocycles. The van der Waals surface area contributed by atoms with Crippen LogP contribution in [0.15, 0.2) is 23.3 Å². The van der Waals surface area contributed by atoms with Crippen molar-refractivity contribution in [2.24, 2.45) is 11.7 Å². The van der Waals surface area contributed by atoms with E-state index in [1.54, 1.807) is 32.2 Å². The van der Waals surface area contributed by atoms with Crippen molar-refractivity contribution < 1.29 is 19.0 Å². The fourth-order valence-electron chi connectivity index (χ4n) is 4.00. The second-order valence-electron chi connectivity index (χ2n) is 7.92. The molecule has 0 aromatic carbocycles. The summed E-state index contributed by atoms with van der Waals surface area (Å²) in [4.78, 5) is 13.7. The molecule has 1 spiro atoms. The van der Waals surface area contributed by atoms with E-state index in [1.807, 2.05) is 0 Å². The third kappa shape index (κ3) is 3.40. The van der Waals surface area contributed by atoms with Gasteiger partial charge in [-0.2, -0.15) is 0 Å². The molecule has 3 aliphatic rings. The van der Waals surface area contributed by atoms with Crippen molar-refractivity contribution in [1.29, 1.82) is 0 Å². The number of nitrogens with two attached hydrogens (primary N) is 1. The van der Waals surface area contributed by atoms with Gasteiger partial charge < -0.3 is 24.8 Å². The summed E-state index contributed by atoms with van der Waals surface area (Å²) in [7, 11) is 5.16. The van der Waals surface area contributed by atoms with Crippen molar-refractivity contribution in [1.82, 2.24) is 4.90 Å². The minimum absolute atomic E-state index is 0.0324. The minimum atomic E-state index is -0.760. The van der Waals surface area contributed by atoms with Gasteiger partial charge in [0.05, 0.1) is 18.6 Å². The van der Waals surface area contributed by atoms with Gasteiger partial charge >= 0.3 is 0 Å². The zero-order valence-corrected chi connectivity index (χ0v) is 15.9. The molecule has 3 fully saturated rings. The Kier molecular flexibility index (Phi) is 4.83. The third-order valence-corrected chi connectivity index (χ3v) is 5.61. The Morgan fingerprint density at radius 3 is 2.64 bits per heavy atom. The maximum Gasteiger partial charge on any atom is 0.246 e. The molecule has 0 bridgehead atoms. The SMILES string of the molecule is CO[C@@H]1/C(=C\C(=O)N(C)C)CC[C@]2(CO2)[C@H]1[C@@]1(N)O[C@@H]1CC=C(C)C. The van der Waals surface area contributed by atoms with E-state index in [2.05, 4.69) is 19.9 Å². The molecule has 140 valence electrons. The van der Waals surface area contributed by atoms with Gasteiger partial charge in [0.2, 0.25) is 5.91 Å². The van der Waals surface area contributed by atoms with Gasteiger partial charge in [-0.05, 0) is 38.7 Å². The summed E-state index contributed by atoms with van der Waals surface area (Å²) in [5.41, 5.74) is 7.85. The van der Waals surface area contributed by atoms with Crippen molar-refractivity contribution >= 4 is 5.91 Å². The number of hydrogen-bond donors (Lipinski definition) is 1. The molecule has 1 amide bonds. The molecular weight excluding hydrogens is 320 g/mol. The van der Waals surface area contributed by atoms with E-state index in [-0.39, 0.29) is 29.6 Å². The van der Waals surface area contributed by atoms with E-state index in [1.165, 1.54) is 5.57 Å². The number of rotatable bonds is 5. The number of hydrogen-bond acceptors (Lipinski definition) is 5. The molecule has 0 unspecified atom stereocenters. The number of epoxide rings is 2. The fraction of sp³-hybridized carbons (Fsp3) is 0.737. The number of methoxy groups -OCH3 is 1. The van der Waals surface area contributed by atoms with Gasteiger partial charge in [-0.3, -0.25) is 4.79 Å². The number of carbonyl (C=O) groups excluding carboxylic acids is 1. The van der Waals surface area contributed by atoms with Gasteiger partial charge in [-0.15, -0.1) is 0 Å². The average Bonchev–Trinajstić information content (AvgIpc) is 3.45. The van der Waals surface area contributed by atoms with E-state index < -0.39 is 5.72 Å². The first-order valence-corrected chi connectivity index (χ1v) is 8.92. The number of allylic oxidation sites excluding steroid dienone is 1. The lowest BCUT2D eigenvalue weighted by Crippen LogP contribution is -2.55. The first-order chi connectivity index (χ1) is 11.7. The lowest BCUT2D eigenvalue weighted by atomic mass is 9.69. The molecule has 2 heterocycles. The van der Waals surface area contributed by atoms with Crippen LogP contribution >= 0.6 is 0 Å². The monoisotopic (exact) mass is 350 g/mol. The summed E-state index contributed by atoms with van der Waals surface area (Å²) in [5.74, 6) is -0.136. The van der Waals surface area contributed by atoms with Crippen molar-refractivity contribution in [2.45, 2.75) is 56.6 Å². The summed E-state index contributed by atoms with van der Waals surface area (Å²) in [5, 5.41) is 0. The highest BCUT2D eigenvalue weighted by atomic mass is 16.6. The van der Waals surface area contributed by atoms with Crippen LogP contribution in [-0.4, -0.2) is 62.2 Å². The Balaban J connectivity index is 1.85. The molecule has 0 aromatic heterocycles. The third-order valence-electron chi connectivity index (χ3n) is 5.61. The van der Waals surface area contributed by atoms with Crippen LogP contribution in [0.4, 0.5) is 0 Å². The smallest absolute Gasteiger partial charge is 0.246 e. The molecule has 2 N–H and O–H groups in total. The lowest BCUT2D eigenvalue weighted by Gasteiger charge is -2.40. The number of ether oxygens (including phenoxy) is 3. The topological polar surface area (TPSA) is 80.6 Å². The Hall–Kier alpha value is -1.21. The molecule has 3 rings (SSSR count). The average molecular weight is 350 g/mol. The molecule has 6 heteroatoms. The summed E-state index contributed by atoms with van der Waals surface area (Å²) in [6.07, 6.45) is 5.96. The van der Waals surface area contributed by atoms with Crippen LogP contribution in [0, 0.1) is 5.92 Å². The first kappa shape index (κ1) is 18.6. The minimum Gasteiger partial charge on any atom is -0.377 e. The van der Waals surface area contributed by atoms with Crippen LogP contribution in [0.1, 0.15) is 33.1 Å². The largest absolute Gasteiger partial charge is 0.377 e. The highest BCUT2D eigenvalue weighted by Gasteiger charge is 2.72. The van der Waals surface area contributed by atoms with Crippen LogP contribution in [0.3, 0.4) is 0 Å². The molecular formula is C19H30N2O4. The predicted molar refractivity (Wildman–Crippen MR) is 94.8 cm³/mol. The second kappa shape index (κ2) is 6.50. The Morgan fingerprint density at radius 2 is 2.12 bits per heavy atom. The number of carbonyl (C=O) groups is 1. The fourth-order valence-corrected chi connectivity index (χ4v) is 4.00. The lowest BCUT2D eigenvalue weighted by molar-refractivity contribution is -0.123. The standard InChI is InChI=1S/C19H30N2O4/c1-12(2)6-7-14-19(20,25-14)17-16(23-5)13(10-15(22)21(3)4)8-9-18(17)11-24-18/h6,10,14,16-17H,7-9,11,20H2,1-5H3/b13-10-/t14-,16-,17+,18+,19+/m1/s1. The maximum absolute atomic E-state index is 12.2. The van der Waals surface area contributed by atoms with Gasteiger partial charge in [0, 0.05) is 27.3 Å². The van der Waals surface area contributed by atoms with E-state index in [0.717, 1.165) is 24.8 Å². The Morgan fingerprint density at radius 1 is 1.44 bits per heavy atom. The van der Waals surface area contributed by atoms with E-state index >= 15 is 0 Å². The van der Waals surface area contributed by atoms with Gasteiger partial charge in [0.25, 0.3) is 0 Å². The summed E-state index contributed by atoms with van der Waals surface area (Å²) >= 11 is 0. The highest BCUT2D eigenvalue weighted by Crippen LogP contribution is 2.58. The second-order valence-corrected chi connectivity index (χ2v) is 7.92. The molecule has 25 heavy (non-hydrogen) atoms. The molecule has 0 radical (unpaired) electrons. The highest BCUT2D eigenvalue weighted by molar-refractivity contribution is 5.88. The van der Waals surface area contributed by atoms with Gasteiger partial charge in [-0.25, -0.2) is 0 Å². The zero-order valence-electron chi connectivity index (χ0n) is 15.9. The maximum atomic E-state index is 12.2. The summed E-state index contributed by atoms with van der Waals surface area (Å²) in [6, 6.07) is 0. The van der Waals surface area contributed by atoms with Gasteiger partial charge in [0.15, 0.2) is 5.72 Å². The number of likely N-dealkylation sites (N-methyl/N-ethyl adjacent to an activating group) is 1. The van der Waals surface area contributed by atoms with Crippen LogP contribution in [0.25, 0.3) is 0 Å². The molecule has 6 nitrogen and oxygen atoms in total. The summed E-state index contributed by atoms with van der Waals surface area (Å²) < 4.78 is 17.6. The van der Waals surface area contributed by atoms with Crippen molar-refractivity contribution in [2.75, 3.05) is 27.8 Å². The van der Waals surface area contributed by atoms with Crippen molar-refractivity contribution in [3.8, 4) is 0 Å². The van der Waals surface area contributed by atoms with E-state index in [0.29, 0.717) is 6.61 Å². The van der Waals surface area contributed by atoms with Crippen LogP contribution in [-0.2, 0) is 19.0 Å². The molecule has 2 aliphatic heterocycles. The Labute approximate surface area is 150 Å². The van der Waals surface area contributed by atoms with Gasteiger partial charge in [0.1, 0.15) is 11.7 Å². The predicted octanol–water partition coefficient (Wildman–Crippen LogP) is 1.61. The van der Waals surface area contributed by atoms with Crippen molar-refractivity contribution in [3.63, 3.8) is 0 Å².